The highest BCUT2D eigenvalue weighted by Gasteiger charge is 2.19. The molecule has 1 saturated heterocycles. The van der Waals surface area contributed by atoms with Crippen LogP contribution in [0.1, 0.15) is 5.56 Å². The van der Waals surface area contributed by atoms with Crippen LogP contribution in [0.3, 0.4) is 0 Å². The van der Waals surface area contributed by atoms with Gasteiger partial charge in [-0.2, -0.15) is 4.98 Å². The lowest BCUT2D eigenvalue weighted by Gasteiger charge is -2.35. The Labute approximate surface area is 136 Å². The Morgan fingerprint density at radius 1 is 1.09 bits per heavy atom. The third-order valence-corrected chi connectivity index (χ3v) is 4.08. The SMILES string of the molecule is CN(C)c1nccc(N2CCN(Cc3ccccc3F)CC2)n1. The number of piperazine rings is 1. The average Bonchev–Trinajstić information content (AvgIpc) is 2.58. The number of hydrogen-bond donors (Lipinski definition) is 0. The Hall–Kier alpha value is -2.21. The molecule has 0 N–H and O–H groups in total. The molecule has 2 aromatic rings. The topological polar surface area (TPSA) is 35.5 Å². The molecule has 0 amide bonds. The van der Waals surface area contributed by atoms with Crippen LogP contribution in [0.25, 0.3) is 0 Å². The van der Waals surface area contributed by atoms with Gasteiger partial charge >= 0.3 is 0 Å². The fourth-order valence-electron chi connectivity index (χ4n) is 2.73. The van der Waals surface area contributed by atoms with Crippen molar-refractivity contribution >= 4 is 11.8 Å². The van der Waals surface area contributed by atoms with Crippen molar-refractivity contribution < 1.29 is 4.39 Å². The molecule has 0 atom stereocenters. The molecule has 1 aliphatic rings. The minimum Gasteiger partial charge on any atom is -0.354 e. The molecule has 1 aromatic carbocycles. The molecule has 1 aromatic heterocycles. The molecule has 1 fully saturated rings. The van der Waals surface area contributed by atoms with Crippen LogP contribution in [0.4, 0.5) is 16.2 Å². The summed E-state index contributed by atoms with van der Waals surface area (Å²) in [5.74, 6) is 1.55. The van der Waals surface area contributed by atoms with E-state index in [0.717, 1.165) is 43.5 Å². The van der Waals surface area contributed by atoms with Gasteiger partial charge in [-0.15, -0.1) is 0 Å². The minimum atomic E-state index is -0.124. The third-order valence-electron chi connectivity index (χ3n) is 4.08. The van der Waals surface area contributed by atoms with Crippen molar-refractivity contribution in [2.24, 2.45) is 0 Å². The van der Waals surface area contributed by atoms with Crippen molar-refractivity contribution in [1.29, 1.82) is 0 Å². The van der Waals surface area contributed by atoms with E-state index < -0.39 is 0 Å². The second kappa shape index (κ2) is 6.91. The van der Waals surface area contributed by atoms with Crippen molar-refractivity contribution in [1.82, 2.24) is 14.9 Å². The van der Waals surface area contributed by atoms with E-state index in [0.29, 0.717) is 6.54 Å². The quantitative estimate of drug-likeness (QED) is 0.862. The van der Waals surface area contributed by atoms with Crippen LogP contribution in [0, 0.1) is 5.82 Å². The standard InChI is InChI=1S/C17H22FN5/c1-21(2)17-19-8-7-16(20-17)23-11-9-22(10-12-23)13-14-5-3-4-6-15(14)18/h3-8H,9-13H2,1-2H3. The normalized spacial score (nSPS) is 15.7. The number of rotatable bonds is 4. The first-order valence-electron chi connectivity index (χ1n) is 7.84. The molecule has 5 nitrogen and oxygen atoms in total. The third kappa shape index (κ3) is 3.76. The number of aromatic nitrogens is 2. The second-order valence-electron chi connectivity index (χ2n) is 5.96. The van der Waals surface area contributed by atoms with Gasteiger partial charge in [0.15, 0.2) is 0 Å². The van der Waals surface area contributed by atoms with E-state index in [9.17, 15) is 4.39 Å². The Kier molecular flexibility index (Phi) is 4.71. The molecule has 2 heterocycles. The maximum atomic E-state index is 13.7. The number of anilines is 2. The largest absolute Gasteiger partial charge is 0.354 e. The Morgan fingerprint density at radius 2 is 1.83 bits per heavy atom. The highest BCUT2D eigenvalue weighted by atomic mass is 19.1. The fraction of sp³-hybridized carbons (Fsp3) is 0.412. The van der Waals surface area contributed by atoms with Gasteiger partial charge in [-0.1, -0.05) is 18.2 Å². The molecular formula is C17H22FN5. The summed E-state index contributed by atoms with van der Waals surface area (Å²) >= 11 is 0. The summed E-state index contributed by atoms with van der Waals surface area (Å²) in [7, 11) is 3.87. The number of hydrogen-bond acceptors (Lipinski definition) is 5. The monoisotopic (exact) mass is 315 g/mol. The van der Waals surface area contributed by atoms with Crippen molar-refractivity contribution in [2.45, 2.75) is 6.54 Å². The van der Waals surface area contributed by atoms with E-state index in [1.807, 2.05) is 37.2 Å². The van der Waals surface area contributed by atoms with E-state index in [2.05, 4.69) is 19.8 Å². The number of benzene rings is 1. The van der Waals surface area contributed by atoms with Crippen LogP contribution in [0.5, 0.6) is 0 Å². The lowest BCUT2D eigenvalue weighted by molar-refractivity contribution is 0.246. The summed E-state index contributed by atoms with van der Waals surface area (Å²) in [5.41, 5.74) is 0.762. The Bertz CT molecular complexity index is 653. The van der Waals surface area contributed by atoms with Gasteiger partial charge in [-0.25, -0.2) is 9.37 Å². The first-order valence-corrected chi connectivity index (χ1v) is 7.84. The summed E-state index contributed by atoms with van der Waals surface area (Å²) in [5, 5.41) is 0. The van der Waals surface area contributed by atoms with Gasteiger partial charge in [0.25, 0.3) is 0 Å². The van der Waals surface area contributed by atoms with E-state index in [4.69, 9.17) is 0 Å². The van der Waals surface area contributed by atoms with Crippen LogP contribution in [-0.2, 0) is 6.54 Å². The zero-order valence-electron chi connectivity index (χ0n) is 13.6. The van der Waals surface area contributed by atoms with Gasteiger partial charge < -0.3 is 9.80 Å². The van der Waals surface area contributed by atoms with Crippen LogP contribution < -0.4 is 9.80 Å². The summed E-state index contributed by atoms with van der Waals surface area (Å²) in [4.78, 5) is 15.3. The molecular weight excluding hydrogens is 293 g/mol. The highest BCUT2D eigenvalue weighted by Crippen LogP contribution is 2.17. The molecule has 122 valence electrons. The summed E-state index contributed by atoms with van der Waals surface area (Å²) < 4.78 is 13.7. The first-order chi connectivity index (χ1) is 11.1. The predicted molar refractivity (Wildman–Crippen MR) is 90.2 cm³/mol. The molecule has 0 radical (unpaired) electrons. The fourth-order valence-corrected chi connectivity index (χ4v) is 2.73. The van der Waals surface area contributed by atoms with Gasteiger partial charge in [-0.05, 0) is 12.1 Å². The van der Waals surface area contributed by atoms with E-state index in [1.165, 1.54) is 6.07 Å². The summed E-state index contributed by atoms with van der Waals surface area (Å²) in [6.45, 7) is 4.23. The zero-order valence-corrected chi connectivity index (χ0v) is 13.6. The molecule has 3 rings (SSSR count). The molecule has 0 saturated carbocycles. The van der Waals surface area contributed by atoms with E-state index in [-0.39, 0.29) is 5.82 Å². The summed E-state index contributed by atoms with van der Waals surface area (Å²) in [6, 6.07) is 8.94. The van der Waals surface area contributed by atoms with Crippen LogP contribution in [0.2, 0.25) is 0 Å². The zero-order chi connectivity index (χ0) is 16.2. The Morgan fingerprint density at radius 3 is 2.52 bits per heavy atom. The number of halogens is 1. The molecule has 0 spiro atoms. The smallest absolute Gasteiger partial charge is 0.226 e. The lowest BCUT2D eigenvalue weighted by Crippen LogP contribution is -2.46. The van der Waals surface area contributed by atoms with Gasteiger partial charge in [-0.3, -0.25) is 4.90 Å². The van der Waals surface area contributed by atoms with Crippen LogP contribution in [0.15, 0.2) is 36.5 Å². The van der Waals surface area contributed by atoms with Crippen LogP contribution >= 0.6 is 0 Å². The second-order valence-corrected chi connectivity index (χ2v) is 5.96. The molecule has 0 aliphatic carbocycles. The van der Waals surface area contributed by atoms with Crippen molar-refractivity contribution in [3.63, 3.8) is 0 Å². The van der Waals surface area contributed by atoms with Gasteiger partial charge in [0.2, 0.25) is 5.95 Å². The molecule has 0 unspecified atom stereocenters. The van der Waals surface area contributed by atoms with Crippen molar-refractivity contribution in [3.8, 4) is 0 Å². The van der Waals surface area contributed by atoms with Gasteiger partial charge in [0.05, 0.1) is 0 Å². The Balaban J connectivity index is 1.60. The highest BCUT2D eigenvalue weighted by molar-refractivity contribution is 5.43. The lowest BCUT2D eigenvalue weighted by atomic mass is 10.2. The maximum absolute atomic E-state index is 13.7. The number of nitrogens with zero attached hydrogens (tertiary/aromatic N) is 5. The summed E-state index contributed by atoms with van der Waals surface area (Å²) in [6.07, 6.45) is 1.80. The van der Waals surface area contributed by atoms with Gasteiger partial charge in [0.1, 0.15) is 11.6 Å². The minimum absolute atomic E-state index is 0.124. The van der Waals surface area contributed by atoms with E-state index in [1.54, 1.807) is 12.3 Å². The molecule has 0 bridgehead atoms. The molecule has 1 aliphatic heterocycles. The van der Waals surface area contributed by atoms with E-state index >= 15 is 0 Å². The first kappa shape index (κ1) is 15.7. The average molecular weight is 315 g/mol. The van der Waals surface area contributed by atoms with Crippen molar-refractivity contribution in [2.75, 3.05) is 50.1 Å². The van der Waals surface area contributed by atoms with Crippen molar-refractivity contribution in [3.05, 3.63) is 47.9 Å². The predicted octanol–water partition coefficient (Wildman–Crippen LogP) is 2.00. The van der Waals surface area contributed by atoms with Gasteiger partial charge in [0, 0.05) is 58.6 Å². The van der Waals surface area contributed by atoms with Crippen LogP contribution in [-0.4, -0.2) is 55.1 Å². The molecule has 23 heavy (non-hydrogen) atoms. The molecule has 6 heteroatoms. The maximum Gasteiger partial charge on any atom is 0.226 e.